The maximum Gasteiger partial charge on any atom is 0.321 e. The minimum Gasteiger partial charge on any atom is -0.480 e. The summed E-state index contributed by atoms with van der Waals surface area (Å²) in [5.41, 5.74) is -0.167. The number of aliphatic carboxylic acids is 1. The summed E-state index contributed by atoms with van der Waals surface area (Å²) in [6, 6.07) is -1.32. The van der Waals surface area contributed by atoms with Crippen LogP contribution < -0.4 is 4.72 Å². The van der Waals surface area contributed by atoms with Crippen LogP contribution in [0.25, 0.3) is 0 Å². The van der Waals surface area contributed by atoms with Crippen LogP contribution in [0.1, 0.15) is 40.0 Å². The molecule has 0 amide bonds. The van der Waals surface area contributed by atoms with E-state index >= 15 is 0 Å². The van der Waals surface area contributed by atoms with Crippen LogP contribution in [0.15, 0.2) is 0 Å². The van der Waals surface area contributed by atoms with Gasteiger partial charge in [0, 0.05) is 6.42 Å². The zero-order chi connectivity index (χ0) is 16.0. The number of carboxylic acid groups (broad SMARTS) is 1. The molecule has 0 aromatic carbocycles. The Balaban J connectivity index is 4.57. The van der Waals surface area contributed by atoms with Gasteiger partial charge in [0.1, 0.15) is 6.04 Å². The molecule has 0 heterocycles. The molecule has 0 saturated heterocycles. The highest BCUT2D eigenvalue weighted by Crippen LogP contribution is 2.19. The number of hydrogen-bond acceptors (Lipinski definition) is 5. The predicted molar refractivity (Wildman–Crippen MR) is 73.7 cm³/mol. The Morgan fingerprint density at radius 3 is 2.25 bits per heavy atom. The van der Waals surface area contributed by atoms with E-state index in [1.165, 1.54) is 7.11 Å². The zero-order valence-corrected chi connectivity index (χ0v) is 13.1. The van der Waals surface area contributed by atoms with Gasteiger partial charge in [-0.15, -0.1) is 0 Å². The number of hydrogen-bond donors (Lipinski definition) is 2. The first-order valence-electron chi connectivity index (χ1n) is 6.26. The Morgan fingerprint density at radius 1 is 1.30 bits per heavy atom. The van der Waals surface area contributed by atoms with Crippen molar-refractivity contribution in [1.29, 1.82) is 0 Å². The monoisotopic (exact) mass is 309 g/mol. The van der Waals surface area contributed by atoms with Crippen molar-refractivity contribution < 1.29 is 27.9 Å². The molecule has 0 radical (unpaired) electrons. The van der Waals surface area contributed by atoms with Crippen molar-refractivity contribution in [2.75, 3.05) is 12.9 Å². The van der Waals surface area contributed by atoms with E-state index in [0.717, 1.165) is 0 Å². The normalized spacial score (nSPS) is 13.8. The molecular formula is C12H23NO6S. The van der Waals surface area contributed by atoms with Gasteiger partial charge in [0.05, 0.1) is 12.9 Å². The van der Waals surface area contributed by atoms with Crippen LogP contribution in [0.4, 0.5) is 0 Å². The standard InChI is InChI=1S/C12H23NO6S/c1-12(2,3)7-8-20(17,18)13-9(11(15)16)5-6-10(14)19-4/h9,13H,5-8H2,1-4H3,(H,15,16)/t9-/m0/s1. The molecule has 118 valence electrons. The highest BCUT2D eigenvalue weighted by Gasteiger charge is 2.26. The number of carbonyl (C=O) groups is 2. The maximum absolute atomic E-state index is 11.8. The molecule has 0 unspecified atom stereocenters. The smallest absolute Gasteiger partial charge is 0.321 e. The molecule has 0 aliphatic carbocycles. The van der Waals surface area contributed by atoms with Gasteiger partial charge in [0.15, 0.2) is 0 Å². The Kier molecular flexibility index (Phi) is 7.15. The minimum atomic E-state index is -3.70. The number of methoxy groups -OCH3 is 1. The van der Waals surface area contributed by atoms with Crippen molar-refractivity contribution in [2.24, 2.45) is 5.41 Å². The second-order valence-electron chi connectivity index (χ2n) is 5.75. The van der Waals surface area contributed by atoms with E-state index in [2.05, 4.69) is 9.46 Å². The third-order valence-electron chi connectivity index (χ3n) is 2.61. The molecule has 0 spiro atoms. The second-order valence-corrected chi connectivity index (χ2v) is 7.63. The number of esters is 1. The average Bonchev–Trinajstić information content (AvgIpc) is 2.30. The van der Waals surface area contributed by atoms with Gasteiger partial charge in [-0.25, -0.2) is 13.1 Å². The summed E-state index contributed by atoms with van der Waals surface area (Å²) in [7, 11) is -2.51. The highest BCUT2D eigenvalue weighted by molar-refractivity contribution is 7.89. The molecule has 8 heteroatoms. The average molecular weight is 309 g/mol. The summed E-state index contributed by atoms with van der Waals surface area (Å²) in [5, 5.41) is 8.97. The van der Waals surface area contributed by atoms with Crippen molar-refractivity contribution in [3.63, 3.8) is 0 Å². The van der Waals surface area contributed by atoms with Gasteiger partial charge < -0.3 is 9.84 Å². The summed E-state index contributed by atoms with van der Waals surface area (Å²) < 4.78 is 30.1. The Bertz CT molecular complexity index is 437. The number of rotatable bonds is 8. The Labute approximate surface area is 119 Å². The largest absolute Gasteiger partial charge is 0.480 e. The van der Waals surface area contributed by atoms with Gasteiger partial charge >= 0.3 is 11.9 Å². The van der Waals surface area contributed by atoms with Crippen molar-refractivity contribution in [2.45, 2.75) is 46.1 Å². The van der Waals surface area contributed by atoms with Gasteiger partial charge in [0.2, 0.25) is 10.0 Å². The Morgan fingerprint density at radius 2 is 1.85 bits per heavy atom. The van der Waals surface area contributed by atoms with Crippen molar-refractivity contribution >= 4 is 22.0 Å². The Hall–Kier alpha value is -1.15. The molecule has 0 fully saturated rings. The fourth-order valence-corrected chi connectivity index (χ4v) is 2.96. The van der Waals surface area contributed by atoms with Gasteiger partial charge in [-0.3, -0.25) is 9.59 Å². The lowest BCUT2D eigenvalue weighted by atomic mass is 9.94. The number of carboxylic acids is 1. The van der Waals surface area contributed by atoms with Crippen LogP contribution in [-0.4, -0.2) is 44.4 Å². The van der Waals surface area contributed by atoms with Gasteiger partial charge in [-0.1, -0.05) is 20.8 Å². The topological polar surface area (TPSA) is 110 Å². The predicted octanol–water partition coefficient (Wildman–Crippen LogP) is 0.748. The van der Waals surface area contributed by atoms with Crippen LogP contribution >= 0.6 is 0 Å². The fraction of sp³-hybridized carbons (Fsp3) is 0.833. The van der Waals surface area contributed by atoms with Crippen LogP contribution in [-0.2, 0) is 24.3 Å². The van der Waals surface area contributed by atoms with Crippen molar-refractivity contribution in [3.8, 4) is 0 Å². The van der Waals surface area contributed by atoms with E-state index in [0.29, 0.717) is 6.42 Å². The fourth-order valence-electron chi connectivity index (χ4n) is 1.31. The van der Waals surface area contributed by atoms with E-state index in [9.17, 15) is 18.0 Å². The van der Waals surface area contributed by atoms with E-state index < -0.39 is 28.0 Å². The molecular weight excluding hydrogens is 286 g/mol. The SMILES string of the molecule is COC(=O)CC[C@H](NS(=O)(=O)CCC(C)(C)C)C(=O)O. The van der Waals surface area contributed by atoms with Crippen molar-refractivity contribution in [3.05, 3.63) is 0 Å². The van der Waals surface area contributed by atoms with Gasteiger partial charge in [-0.2, -0.15) is 0 Å². The first kappa shape index (κ1) is 18.9. The molecule has 20 heavy (non-hydrogen) atoms. The molecule has 0 aromatic rings. The summed E-state index contributed by atoms with van der Waals surface area (Å²) in [5.74, 6) is -2.04. The van der Waals surface area contributed by atoms with Crippen LogP contribution in [0.3, 0.4) is 0 Å². The lowest BCUT2D eigenvalue weighted by Crippen LogP contribution is -2.42. The number of carbonyl (C=O) groups excluding carboxylic acids is 1. The van der Waals surface area contributed by atoms with E-state index in [-0.39, 0.29) is 24.0 Å². The van der Waals surface area contributed by atoms with E-state index in [1.807, 2.05) is 20.8 Å². The third kappa shape index (κ3) is 8.87. The van der Waals surface area contributed by atoms with Crippen LogP contribution in [0, 0.1) is 5.41 Å². The van der Waals surface area contributed by atoms with Gasteiger partial charge in [-0.05, 0) is 18.3 Å². The molecule has 7 nitrogen and oxygen atoms in total. The van der Waals surface area contributed by atoms with Crippen LogP contribution in [0.5, 0.6) is 0 Å². The van der Waals surface area contributed by atoms with Gasteiger partial charge in [0.25, 0.3) is 0 Å². The maximum atomic E-state index is 11.8. The summed E-state index contributed by atoms with van der Waals surface area (Å²) in [4.78, 5) is 22.0. The molecule has 0 bridgehead atoms. The molecule has 1 atom stereocenters. The number of nitrogens with one attached hydrogen (secondary N) is 1. The molecule has 2 N–H and O–H groups in total. The molecule has 0 aliphatic rings. The van der Waals surface area contributed by atoms with Crippen LogP contribution in [0.2, 0.25) is 0 Å². The van der Waals surface area contributed by atoms with E-state index in [4.69, 9.17) is 5.11 Å². The molecule has 0 saturated carbocycles. The molecule has 0 aliphatic heterocycles. The number of ether oxygens (including phenoxy) is 1. The quantitative estimate of drug-likeness (QED) is 0.640. The lowest BCUT2D eigenvalue weighted by Gasteiger charge is -2.19. The lowest BCUT2D eigenvalue weighted by molar-refractivity contribution is -0.142. The van der Waals surface area contributed by atoms with E-state index in [1.54, 1.807) is 0 Å². The number of sulfonamides is 1. The first-order valence-corrected chi connectivity index (χ1v) is 7.92. The summed E-state index contributed by atoms with van der Waals surface area (Å²) in [6.45, 7) is 5.69. The minimum absolute atomic E-state index is 0.142. The summed E-state index contributed by atoms with van der Waals surface area (Å²) in [6.07, 6.45) is 0.109. The zero-order valence-electron chi connectivity index (χ0n) is 12.3. The molecule has 0 rings (SSSR count). The highest BCUT2D eigenvalue weighted by atomic mass is 32.2. The summed E-state index contributed by atoms with van der Waals surface area (Å²) >= 11 is 0. The molecule has 0 aromatic heterocycles. The first-order chi connectivity index (χ1) is 8.97. The van der Waals surface area contributed by atoms with Crippen molar-refractivity contribution in [1.82, 2.24) is 4.72 Å². The second kappa shape index (κ2) is 7.58. The third-order valence-corrected chi connectivity index (χ3v) is 3.99.